The molecule has 6 heteroatoms. The molecule has 3 rings (SSSR count). The van der Waals surface area contributed by atoms with Crippen molar-refractivity contribution in [3.05, 3.63) is 71.2 Å². The molecule has 0 atom stereocenters. The topological polar surface area (TPSA) is 76.1 Å². The Morgan fingerprint density at radius 2 is 1.81 bits per heavy atom. The van der Waals surface area contributed by atoms with Gasteiger partial charge >= 0.3 is 0 Å². The minimum absolute atomic E-state index is 0.248. The van der Waals surface area contributed by atoms with Crippen molar-refractivity contribution < 1.29 is 9.53 Å². The third-order valence-electron chi connectivity index (χ3n) is 4.36. The lowest BCUT2D eigenvalue weighted by atomic mass is 10.1. The summed E-state index contributed by atoms with van der Waals surface area (Å²) in [4.78, 5) is 21.0. The Bertz CT molecular complexity index is 968. The van der Waals surface area contributed by atoms with Crippen LogP contribution < -0.4 is 15.4 Å². The molecule has 0 saturated heterocycles. The number of carbonyl (C=O) groups excluding carboxylic acids is 1. The van der Waals surface area contributed by atoms with Crippen LogP contribution in [0.2, 0.25) is 0 Å². The number of benzene rings is 2. The fourth-order valence-corrected chi connectivity index (χ4v) is 2.64. The number of methoxy groups -OCH3 is 1. The van der Waals surface area contributed by atoms with E-state index >= 15 is 0 Å². The first-order chi connectivity index (χ1) is 13.0. The molecule has 138 valence electrons. The summed E-state index contributed by atoms with van der Waals surface area (Å²) < 4.78 is 5.35. The van der Waals surface area contributed by atoms with Crippen LogP contribution in [0.25, 0.3) is 0 Å². The van der Waals surface area contributed by atoms with E-state index in [1.807, 2.05) is 57.2 Å². The van der Waals surface area contributed by atoms with Gasteiger partial charge < -0.3 is 15.4 Å². The second-order valence-electron chi connectivity index (χ2n) is 6.32. The predicted octanol–water partition coefficient (Wildman–Crippen LogP) is 4.41. The molecule has 1 heterocycles. The van der Waals surface area contributed by atoms with E-state index in [1.54, 1.807) is 7.11 Å². The SMILES string of the molecule is COc1ccc(C)cc1Nc1cnc(C(=O)Nc2cccc(C)c2C)cn1. The Hall–Kier alpha value is -3.41. The van der Waals surface area contributed by atoms with Crippen LogP contribution in [0.15, 0.2) is 48.8 Å². The molecule has 0 saturated carbocycles. The molecule has 0 fully saturated rings. The lowest BCUT2D eigenvalue weighted by Crippen LogP contribution is -2.15. The van der Waals surface area contributed by atoms with E-state index in [9.17, 15) is 4.79 Å². The maximum atomic E-state index is 12.4. The van der Waals surface area contributed by atoms with Gasteiger partial charge in [0.1, 0.15) is 17.3 Å². The highest BCUT2D eigenvalue weighted by molar-refractivity contribution is 6.03. The summed E-state index contributed by atoms with van der Waals surface area (Å²) in [7, 11) is 1.61. The van der Waals surface area contributed by atoms with Crippen molar-refractivity contribution in [3.63, 3.8) is 0 Å². The van der Waals surface area contributed by atoms with Gasteiger partial charge in [0, 0.05) is 5.69 Å². The minimum atomic E-state index is -0.295. The van der Waals surface area contributed by atoms with Crippen molar-refractivity contribution in [1.82, 2.24) is 9.97 Å². The zero-order valence-corrected chi connectivity index (χ0v) is 15.8. The molecule has 0 aliphatic rings. The van der Waals surface area contributed by atoms with Crippen LogP contribution >= 0.6 is 0 Å². The molecule has 2 aromatic carbocycles. The smallest absolute Gasteiger partial charge is 0.275 e. The number of nitrogens with zero attached hydrogens (tertiary/aromatic N) is 2. The van der Waals surface area contributed by atoms with E-state index in [0.717, 1.165) is 28.1 Å². The van der Waals surface area contributed by atoms with Crippen LogP contribution in [-0.4, -0.2) is 23.0 Å². The van der Waals surface area contributed by atoms with E-state index in [-0.39, 0.29) is 11.6 Å². The maximum Gasteiger partial charge on any atom is 0.275 e. The summed E-state index contributed by atoms with van der Waals surface area (Å²) in [6.45, 7) is 5.97. The number of nitrogens with one attached hydrogen (secondary N) is 2. The quantitative estimate of drug-likeness (QED) is 0.703. The van der Waals surface area contributed by atoms with Crippen molar-refractivity contribution in [2.45, 2.75) is 20.8 Å². The molecule has 27 heavy (non-hydrogen) atoms. The maximum absolute atomic E-state index is 12.4. The summed E-state index contributed by atoms with van der Waals surface area (Å²) in [6, 6.07) is 11.6. The molecule has 0 unspecified atom stereocenters. The second kappa shape index (κ2) is 7.86. The second-order valence-corrected chi connectivity index (χ2v) is 6.32. The Kier molecular flexibility index (Phi) is 5.35. The molecule has 0 aliphatic carbocycles. The number of aromatic nitrogens is 2. The lowest BCUT2D eigenvalue weighted by Gasteiger charge is -2.12. The van der Waals surface area contributed by atoms with Crippen LogP contribution in [0.1, 0.15) is 27.2 Å². The fraction of sp³-hybridized carbons (Fsp3) is 0.190. The highest BCUT2D eigenvalue weighted by Crippen LogP contribution is 2.27. The van der Waals surface area contributed by atoms with Gasteiger partial charge in [0.2, 0.25) is 0 Å². The Balaban J connectivity index is 1.74. The predicted molar refractivity (Wildman–Crippen MR) is 107 cm³/mol. The molecule has 0 radical (unpaired) electrons. The number of rotatable bonds is 5. The molecule has 0 bridgehead atoms. The molecule has 6 nitrogen and oxygen atoms in total. The number of ether oxygens (including phenoxy) is 1. The lowest BCUT2D eigenvalue weighted by molar-refractivity contribution is 0.102. The van der Waals surface area contributed by atoms with E-state index in [4.69, 9.17) is 4.74 Å². The van der Waals surface area contributed by atoms with E-state index in [0.29, 0.717) is 11.6 Å². The van der Waals surface area contributed by atoms with E-state index in [2.05, 4.69) is 20.6 Å². The Labute approximate surface area is 158 Å². The molecular weight excluding hydrogens is 340 g/mol. The third kappa shape index (κ3) is 4.23. The summed E-state index contributed by atoms with van der Waals surface area (Å²) in [5, 5.41) is 6.05. The number of anilines is 3. The van der Waals surface area contributed by atoms with Gasteiger partial charge in [-0.15, -0.1) is 0 Å². The summed E-state index contributed by atoms with van der Waals surface area (Å²) in [6.07, 6.45) is 2.98. The highest BCUT2D eigenvalue weighted by atomic mass is 16.5. The number of aryl methyl sites for hydroxylation is 2. The number of hydrogen-bond donors (Lipinski definition) is 2. The van der Waals surface area contributed by atoms with E-state index in [1.165, 1.54) is 12.4 Å². The number of amides is 1. The van der Waals surface area contributed by atoms with Gasteiger partial charge in [0.05, 0.1) is 25.2 Å². The van der Waals surface area contributed by atoms with Crippen molar-refractivity contribution in [2.75, 3.05) is 17.7 Å². The van der Waals surface area contributed by atoms with Crippen LogP contribution in [-0.2, 0) is 0 Å². The molecule has 2 N–H and O–H groups in total. The molecule has 0 spiro atoms. The highest BCUT2D eigenvalue weighted by Gasteiger charge is 2.11. The van der Waals surface area contributed by atoms with Gasteiger partial charge in [0.25, 0.3) is 5.91 Å². The fourth-order valence-electron chi connectivity index (χ4n) is 2.64. The summed E-state index contributed by atoms with van der Waals surface area (Å²) in [5.41, 5.74) is 5.05. The molecule has 1 amide bonds. The molecule has 0 aliphatic heterocycles. The first-order valence-electron chi connectivity index (χ1n) is 8.59. The molecule has 3 aromatic rings. The first kappa shape index (κ1) is 18.4. The van der Waals surface area contributed by atoms with Gasteiger partial charge in [-0.1, -0.05) is 18.2 Å². The Morgan fingerprint density at radius 3 is 2.52 bits per heavy atom. The standard InChI is InChI=1S/C21H22N4O2/c1-13-8-9-19(27-4)17(10-13)24-20-12-22-18(11-23-20)21(26)25-16-7-5-6-14(2)15(16)3/h5-12H,1-4H3,(H,23,24)(H,25,26). The van der Waals surface area contributed by atoms with Crippen molar-refractivity contribution in [3.8, 4) is 5.75 Å². The Morgan fingerprint density at radius 1 is 1.00 bits per heavy atom. The third-order valence-corrected chi connectivity index (χ3v) is 4.36. The summed E-state index contributed by atoms with van der Waals surface area (Å²) in [5.74, 6) is 0.942. The first-order valence-corrected chi connectivity index (χ1v) is 8.59. The van der Waals surface area contributed by atoms with Gasteiger partial charge in [-0.25, -0.2) is 9.97 Å². The van der Waals surface area contributed by atoms with Crippen LogP contribution in [0, 0.1) is 20.8 Å². The average molecular weight is 362 g/mol. The van der Waals surface area contributed by atoms with Gasteiger partial charge in [-0.05, 0) is 55.7 Å². The number of hydrogen-bond acceptors (Lipinski definition) is 5. The molecular formula is C21H22N4O2. The van der Waals surface area contributed by atoms with Crippen molar-refractivity contribution in [2.24, 2.45) is 0 Å². The zero-order valence-electron chi connectivity index (χ0n) is 15.8. The monoisotopic (exact) mass is 362 g/mol. The average Bonchev–Trinajstić information content (AvgIpc) is 2.66. The van der Waals surface area contributed by atoms with Gasteiger partial charge in [0.15, 0.2) is 0 Å². The van der Waals surface area contributed by atoms with Gasteiger partial charge in [-0.2, -0.15) is 0 Å². The van der Waals surface area contributed by atoms with E-state index < -0.39 is 0 Å². The molecule has 1 aromatic heterocycles. The van der Waals surface area contributed by atoms with Crippen molar-refractivity contribution >= 4 is 23.1 Å². The van der Waals surface area contributed by atoms with Crippen LogP contribution in [0.5, 0.6) is 5.75 Å². The van der Waals surface area contributed by atoms with Crippen LogP contribution in [0.4, 0.5) is 17.2 Å². The summed E-state index contributed by atoms with van der Waals surface area (Å²) >= 11 is 0. The van der Waals surface area contributed by atoms with Crippen molar-refractivity contribution in [1.29, 1.82) is 0 Å². The van der Waals surface area contributed by atoms with Gasteiger partial charge in [-0.3, -0.25) is 4.79 Å². The number of carbonyl (C=O) groups is 1. The van der Waals surface area contributed by atoms with Crippen LogP contribution in [0.3, 0.4) is 0 Å². The minimum Gasteiger partial charge on any atom is -0.495 e. The largest absolute Gasteiger partial charge is 0.495 e. The normalized spacial score (nSPS) is 10.4. The zero-order chi connectivity index (χ0) is 19.4.